The summed E-state index contributed by atoms with van der Waals surface area (Å²) in [7, 11) is -2.45. The summed E-state index contributed by atoms with van der Waals surface area (Å²) in [4.78, 5) is 29.3. The van der Waals surface area contributed by atoms with Crippen LogP contribution in [0.3, 0.4) is 0 Å². The number of hydrogen-bond acceptors (Lipinski definition) is 5. The number of amides is 2. The molecule has 0 aliphatic rings. The van der Waals surface area contributed by atoms with Gasteiger partial charge >= 0.3 is 0 Å². The summed E-state index contributed by atoms with van der Waals surface area (Å²) >= 11 is 6.30. The number of nitrogens with one attached hydrogen (secondary N) is 1. The monoisotopic (exact) mass is 599 g/mol. The maximum atomic E-state index is 14.2. The zero-order chi connectivity index (χ0) is 30.2. The van der Waals surface area contributed by atoms with Crippen LogP contribution in [0.1, 0.15) is 30.5 Å². The molecule has 41 heavy (non-hydrogen) atoms. The van der Waals surface area contributed by atoms with Crippen LogP contribution in [0, 0.1) is 12.8 Å². The molecule has 10 heteroatoms. The highest BCUT2D eigenvalue weighted by atomic mass is 35.5. The second-order valence-electron chi connectivity index (χ2n) is 10.4. The van der Waals surface area contributed by atoms with Gasteiger partial charge in [0.15, 0.2) is 0 Å². The Morgan fingerprint density at radius 3 is 2.24 bits per heavy atom. The lowest BCUT2D eigenvalue weighted by Crippen LogP contribution is -2.53. The third kappa shape index (κ3) is 8.96. The number of benzene rings is 3. The molecule has 0 aromatic heterocycles. The molecule has 0 saturated heterocycles. The number of carbonyl (C=O) groups excluding carboxylic acids is 2. The quantitative estimate of drug-likeness (QED) is 0.303. The number of anilines is 1. The third-order valence-corrected chi connectivity index (χ3v) is 8.10. The van der Waals surface area contributed by atoms with Crippen molar-refractivity contribution in [1.29, 1.82) is 0 Å². The second kappa shape index (κ2) is 14.4. The van der Waals surface area contributed by atoms with E-state index in [9.17, 15) is 18.0 Å². The number of nitrogens with zero attached hydrogens (tertiary/aromatic N) is 2. The molecule has 0 radical (unpaired) electrons. The first kappa shape index (κ1) is 32.0. The lowest BCUT2D eigenvalue weighted by molar-refractivity contribution is -0.140. The molecule has 3 aromatic carbocycles. The van der Waals surface area contributed by atoms with Crippen molar-refractivity contribution in [2.24, 2.45) is 5.92 Å². The van der Waals surface area contributed by atoms with Gasteiger partial charge in [-0.1, -0.05) is 80.0 Å². The Hall–Kier alpha value is -3.56. The van der Waals surface area contributed by atoms with E-state index in [1.54, 1.807) is 6.07 Å². The Balaban J connectivity index is 2.07. The zero-order valence-corrected chi connectivity index (χ0v) is 25.7. The Morgan fingerprint density at radius 1 is 1.00 bits per heavy atom. The molecule has 0 fully saturated rings. The Labute approximate surface area is 248 Å². The van der Waals surface area contributed by atoms with E-state index < -0.39 is 28.5 Å². The summed E-state index contributed by atoms with van der Waals surface area (Å²) in [5.74, 6) is -0.243. The molecular weight excluding hydrogens is 562 g/mol. The maximum Gasteiger partial charge on any atom is 0.244 e. The fraction of sp³-hybridized carbons (Fsp3) is 0.355. The fourth-order valence-electron chi connectivity index (χ4n) is 4.37. The van der Waals surface area contributed by atoms with Gasteiger partial charge in [-0.15, -0.1) is 0 Å². The minimum Gasteiger partial charge on any atom is -0.495 e. The first-order valence-electron chi connectivity index (χ1n) is 13.4. The van der Waals surface area contributed by atoms with Crippen molar-refractivity contribution in [1.82, 2.24) is 10.2 Å². The first-order valence-corrected chi connectivity index (χ1v) is 15.6. The Morgan fingerprint density at radius 2 is 1.66 bits per heavy atom. The van der Waals surface area contributed by atoms with Gasteiger partial charge in [0.05, 0.1) is 24.1 Å². The predicted molar refractivity (Wildman–Crippen MR) is 164 cm³/mol. The van der Waals surface area contributed by atoms with Crippen LogP contribution in [0.15, 0.2) is 72.8 Å². The number of halogens is 1. The molecule has 0 bridgehead atoms. The number of aryl methyl sites for hydroxylation is 1. The normalized spacial score (nSPS) is 12.1. The highest BCUT2D eigenvalue weighted by Crippen LogP contribution is 2.30. The van der Waals surface area contributed by atoms with Gasteiger partial charge in [-0.3, -0.25) is 13.9 Å². The number of carbonyl (C=O) groups is 2. The number of ether oxygens (including phenoxy) is 1. The van der Waals surface area contributed by atoms with E-state index in [1.807, 2.05) is 75.4 Å². The van der Waals surface area contributed by atoms with Crippen molar-refractivity contribution in [2.75, 3.05) is 30.8 Å². The number of methoxy groups -OCH3 is 1. The van der Waals surface area contributed by atoms with E-state index in [1.165, 1.54) is 24.1 Å². The molecular formula is C31H38ClN3O5S. The summed E-state index contributed by atoms with van der Waals surface area (Å²) in [5.41, 5.74) is 2.90. The molecule has 0 aliphatic heterocycles. The third-order valence-electron chi connectivity index (χ3n) is 6.66. The molecule has 0 saturated carbocycles. The molecule has 1 unspecified atom stereocenters. The molecule has 220 valence electrons. The lowest BCUT2D eigenvalue weighted by Gasteiger charge is -2.34. The first-order chi connectivity index (χ1) is 19.4. The van der Waals surface area contributed by atoms with E-state index in [-0.39, 0.29) is 35.5 Å². The SMILES string of the molecule is COc1ccc(N(CC(=O)N(Cc2ccccc2C)C(Cc2ccccc2)C(=O)NCC(C)C)S(C)(=O)=O)cc1Cl. The van der Waals surface area contributed by atoms with E-state index in [0.29, 0.717) is 12.3 Å². The van der Waals surface area contributed by atoms with E-state index >= 15 is 0 Å². The van der Waals surface area contributed by atoms with Crippen LogP contribution in [-0.4, -0.2) is 57.6 Å². The van der Waals surface area contributed by atoms with Gasteiger partial charge in [0.2, 0.25) is 21.8 Å². The van der Waals surface area contributed by atoms with Crippen LogP contribution in [0.2, 0.25) is 5.02 Å². The molecule has 1 N–H and O–H groups in total. The average Bonchev–Trinajstić information content (AvgIpc) is 2.93. The van der Waals surface area contributed by atoms with Gasteiger partial charge in [0.25, 0.3) is 0 Å². The largest absolute Gasteiger partial charge is 0.495 e. The summed E-state index contributed by atoms with van der Waals surface area (Å²) in [6.45, 7) is 5.97. The highest BCUT2D eigenvalue weighted by molar-refractivity contribution is 7.92. The minimum absolute atomic E-state index is 0.124. The smallest absolute Gasteiger partial charge is 0.244 e. The summed E-state index contributed by atoms with van der Waals surface area (Å²) < 4.78 is 32.1. The van der Waals surface area contributed by atoms with Crippen LogP contribution in [-0.2, 0) is 32.6 Å². The van der Waals surface area contributed by atoms with Gasteiger partial charge in [-0.25, -0.2) is 8.42 Å². The highest BCUT2D eigenvalue weighted by Gasteiger charge is 2.33. The van der Waals surface area contributed by atoms with Crippen molar-refractivity contribution in [3.05, 3.63) is 94.5 Å². The van der Waals surface area contributed by atoms with Gasteiger partial charge in [-0.05, 0) is 47.7 Å². The van der Waals surface area contributed by atoms with Gasteiger partial charge < -0.3 is 15.0 Å². The molecule has 2 amide bonds. The van der Waals surface area contributed by atoms with E-state index in [0.717, 1.165) is 27.3 Å². The minimum atomic E-state index is -3.90. The summed E-state index contributed by atoms with van der Waals surface area (Å²) in [6, 6.07) is 20.7. The van der Waals surface area contributed by atoms with Crippen molar-refractivity contribution in [2.45, 2.75) is 39.8 Å². The van der Waals surface area contributed by atoms with Crippen molar-refractivity contribution < 1.29 is 22.7 Å². The number of rotatable bonds is 13. The standard InChI is InChI=1S/C31H38ClN3O5S/c1-22(2)19-33-31(37)28(17-24-12-7-6-8-13-24)34(20-25-14-10-9-11-23(25)3)30(36)21-35(41(5,38)39)26-15-16-29(40-4)27(32)18-26/h6-16,18,22,28H,17,19-21H2,1-5H3,(H,33,37). The maximum absolute atomic E-state index is 14.2. The summed E-state index contributed by atoms with van der Waals surface area (Å²) in [6.07, 6.45) is 1.29. The van der Waals surface area contributed by atoms with Gasteiger partial charge in [-0.2, -0.15) is 0 Å². The fourth-order valence-corrected chi connectivity index (χ4v) is 5.47. The van der Waals surface area contributed by atoms with Crippen molar-refractivity contribution in [3.63, 3.8) is 0 Å². The topological polar surface area (TPSA) is 96.0 Å². The van der Waals surface area contributed by atoms with E-state index in [2.05, 4.69) is 5.32 Å². The molecule has 0 aliphatic carbocycles. The van der Waals surface area contributed by atoms with Crippen molar-refractivity contribution in [3.8, 4) is 5.75 Å². The van der Waals surface area contributed by atoms with Crippen LogP contribution < -0.4 is 14.4 Å². The van der Waals surface area contributed by atoms with Crippen LogP contribution >= 0.6 is 11.6 Å². The average molecular weight is 600 g/mol. The molecule has 8 nitrogen and oxygen atoms in total. The van der Waals surface area contributed by atoms with Gasteiger partial charge in [0.1, 0.15) is 18.3 Å². The molecule has 3 rings (SSSR count). The zero-order valence-electron chi connectivity index (χ0n) is 24.1. The van der Waals surface area contributed by atoms with Gasteiger partial charge in [0, 0.05) is 19.5 Å². The number of hydrogen-bond donors (Lipinski definition) is 1. The van der Waals surface area contributed by atoms with Crippen LogP contribution in [0.25, 0.3) is 0 Å². The number of sulfonamides is 1. The molecule has 0 spiro atoms. The molecule has 0 heterocycles. The van der Waals surface area contributed by atoms with Crippen LogP contribution in [0.4, 0.5) is 5.69 Å². The van der Waals surface area contributed by atoms with Crippen LogP contribution in [0.5, 0.6) is 5.75 Å². The lowest BCUT2D eigenvalue weighted by atomic mass is 10.0. The molecule has 1 atom stereocenters. The second-order valence-corrected chi connectivity index (χ2v) is 12.7. The Kier molecular flexibility index (Phi) is 11.2. The van der Waals surface area contributed by atoms with E-state index in [4.69, 9.17) is 16.3 Å². The Bertz CT molecular complexity index is 1450. The van der Waals surface area contributed by atoms with Crippen molar-refractivity contribution >= 4 is 39.1 Å². The summed E-state index contributed by atoms with van der Waals surface area (Å²) in [5, 5.41) is 3.18. The molecule has 3 aromatic rings. The predicted octanol–water partition coefficient (Wildman–Crippen LogP) is 4.84.